The fraction of sp³-hybridized carbons (Fsp3) is 0.833. The first kappa shape index (κ1) is 9.11. The molecule has 2 rings (SSSR count). The van der Waals surface area contributed by atoms with Crippen molar-refractivity contribution >= 4 is 0 Å². The summed E-state index contributed by atoms with van der Waals surface area (Å²) in [6, 6.07) is 0. The van der Waals surface area contributed by atoms with E-state index in [1.807, 2.05) is 0 Å². The van der Waals surface area contributed by atoms with Gasteiger partial charge in [0.2, 0.25) is 0 Å². The molecule has 0 aromatic carbocycles. The topological polar surface area (TPSA) is 9.23 Å². The highest BCUT2D eigenvalue weighted by atomic mass is 16.5. The van der Waals surface area contributed by atoms with E-state index < -0.39 is 0 Å². The zero-order chi connectivity index (χ0) is 9.10. The van der Waals surface area contributed by atoms with Crippen LogP contribution in [-0.4, -0.2) is 6.10 Å². The SMILES string of the molecule is CCCCC1=CC[C@H]2CCC[C@@H]2O1. The predicted octanol–water partition coefficient (Wildman–Crippen LogP) is 3.65. The van der Waals surface area contributed by atoms with Crippen molar-refractivity contribution in [1.29, 1.82) is 0 Å². The Bertz CT molecular complexity index is 195. The van der Waals surface area contributed by atoms with Crippen molar-refractivity contribution in [2.24, 2.45) is 5.92 Å². The van der Waals surface area contributed by atoms with Crippen molar-refractivity contribution in [2.75, 3.05) is 0 Å². The molecule has 0 unspecified atom stereocenters. The molecule has 1 fully saturated rings. The second-order valence-electron chi connectivity index (χ2n) is 4.36. The summed E-state index contributed by atoms with van der Waals surface area (Å²) < 4.78 is 5.97. The number of rotatable bonds is 3. The standard InChI is InChI=1S/C12H20O/c1-2-3-6-11-9-8-10-5-4-7-12(10)13-11/h9-10,12H,2-8H2,1H3/t10-,12+/m1/s1. The van der Waals surface area contributed by atoms with E-state index in [4.69, 9.17) is 4.74 Å². The van der Waals surface area contributed by atoms with Gasteiger partial charge >= 0.3 is 0 Å². The highest BCUT2D eigenvalue weighted by Gasteiger charge is 2.31. The third kappa shape index (κ3) is 2.07. The molecule has 1 heteroatoms. The first-order chi connectivity index (χ1) is 6.40. The van der Waals surface area contributed by atoms with E-state index >= 15 is 0 Å². The van der Waals surface area contributed by atoms with Crippen molar-refractivity contribution < 1.29 is 4.74 Å². The largest absolute Gasteiger partial charge is 0.495 e. The number of hydrogen-bond acceptors (Lipinski definition) is 1. The molecule has 1 saturated carbocycles. The van der Waals surface area contributed by atoms with Crippen LogP contribution in [0.3, 0.4) is 0 Å². The highest BCUT2D eigenvalue weighted by molar-refractivity contribution is 5.02. The van der Waals surface area contributed by atoms with Gasteiger partial charge in [-0.15, -0.1) is 0 Å². The Balaban J connectivity index is 1.86. The van der Waals surface area contributed by atoms with Crippen LogP contribution in [0.2, 0.25) is 0 Å². The molecule has 0 N–H and O–H groups in total. The third-order valence-corrected chi connectivity index (χ3v) is 3.32. The summed E-state index contributed by atoms with van der Waals surface area (Å²) in [4.78, 5) is 0. The van der Waals surface area contributed by atoms with Crippen molar-refractivity contribution in [3.05, 3.63) is 11.8 Å². The van der Waals surface area contributed by atoms with Crippen LogP contribution in [0.4, 0.5) is 0 Å². The molecule has 1 aliphatic carbocycles. The molecule has 74 valence electrons. The summed E-state index contributed by atoms with van der Waals surface area (Å²) in [5.41, 5.74) is 0. The Kier molecular flexibility index (Phi) is 2.92. The quantitative estimate of drug-likeness (QED) is 0.644. The molecule has 0 aromatic heterocycles. The molecule has 2 atom stereocenters. The Labute approximate surface area is 81.2 Å². The molecule has 0 spiro atoms. The first-order valence-corrected chi connectivity index (χ1v) is 5.76. The molecular formula is C12H20O. The van der Waals surface area contributed by atoms with Crippen molar-refractivity contribution in [3.63, 3.8) is 0 Å². The number of unbranched alkanes of at least 4 members (excludes halogenated alkanes) is 1. The zero-order valence-corrected chi connectivity index (χ0v) is 8.59. The Morgan fingerprint density at radius 3 is 3.23 bits per heavy atom. The van der Waals surface area contributed by atoms with E-state index in [9.17, 15) is 0 Å². The lowest BCUT2D eigenvalue weighted by atomic mass is 9.98. The van der Waals surface area contributed by atoms with E-state index in [2.05, 4.69) is 13.0 Å². The molecule has 2 aliphatic rings. The maximum Gasteiger partial charge on any atom is 0.101 e. The lowest BCUT2D eigenvalue weighted by Gasteiger charge is -2.27. The number of ether oxygens (including phenoxy) is 1. The van der Waals surface area contributed by atoms with Crippen LogP contribution in [0.1, 0.15) is 51.9 Å². The summed E-state index contributed by atoms with van der Waals surface area (Å²) >= 11 is 0. The van der Waals surface area contributed by atoms with Crippen LogP contribution >= 0.6 is 0 Å². The average molecular weight is 180 g/mol. The average Bonchev–Trinajstić information content (AvgIpc) is 2.61. The van der Waals surface area contributed by atoms with Gasteiger partial charge in [0, 0.05) is 6.42 Å². The fourth-order valence-electron chi connectivity index (χ4n) is 2.46. The Hall–Kier alpha value is -0.460. The van der Waals surface area contributed by atoms with Crippen molar-refractivity contribution in [1.82, 2.24) is 0 Å². The molecule has 0 saturated heterocycles. The van der Waals surface area contributed by atoms with Gasteiger partial charge in [-0.2, -0.15) is 0 Å². The van der Waals surface area contributed by atoms with E-state index in [1.54, 1.807) is 0 Å². The van der Waals surface area contributed by atoms with Gasteiger partial charge < -0.3 is 4.74 Å². The van der Waals surface area contributed by atoms with Gasteiger partial charge in [-0.3, -0.25) is 0 Å². The molecule has 0 bridgehead atoms. The summed E-state index contributed by atoms with van der Waals surface area (Å²) in [5.74, 6) is 2.13. The normalized spacial score (nSPS) is 32.2. The molecule has 0 radical (unpaired) electrons. The van der Waals surface area contributed by atoms with Crippen LogP contribution in [0.25, 0.3) is 0 Å². The van der Waals surface area contributed by atoms with E-state index in [0.717, 1.165) is 5.92 Å². The summed E-state index contributed by atoms with van der Waals surface area (Å²) in [5, 5.41) is 0. The van der Waals surface area contributed by atoms with Crippen LogP contribution in [-0.2, 0) is 4.74 Å². The molecular weight excluding hydrogens is 160 g/mol. The van der Waals surface area contributed by atoms with E-state index in [-0.39, 0.29) is 0 Å². The molecule has 1 aliphatic heterocycles. The van der Waals surface area contributed by atoms with Gasteiger partial charge in [0.15, 0.2) is 0 Å². The van der Waals surface area contributed by atoms with E-state index in [0.29, 0.717) is 6.10 Å². The third-order valence-electron chi connectivity index (χ3n) is 3.32. The maximum atomic E-state index is 5.97. The minimum atomic E-state index is 0.580. The van der Waals surface area contributed by atoms with Crippen LogP contribution in [0, 0.1) is 5.92 Å². The van der Waals surface area contributed by atoms with Crippen LogP contribution in [0.5, 0.6) is 0 Å². The van der Waals surface area contributed by atoms with Gasteiger partial charge in [-0.25, -0.2) is 0 Å². The summed E-state index contributed by atoms with van der Waals surface area (Å²) in [7, 11) is 0. The number of fused-ring (bicyclic) bond motifs is 1. The van der Waals surface area contributed by atoms with Gasteiger partial charge in [-0.05, 0) is 44.1 Å². The predicted molar refractivity (Wildman–Crippen MR) is 54.4 cm³/mol. The summed E-state index contributed by atoms with van der Waals surface area (Å²) in [6.45, 7) is 2.24. The molecule has 13 heavy (non-hydrogen) atoms. The fourth-order valence-corrected chi connectivity index (χ4v) is 2.46. The lowest BCUT2D eigenvalue weighted by Crippen LogP contribution is -2.21. The summed E-state index contributed by atoms with van der Waals surface area (Å²) in [6.07, 6.45) is 12.0. The minimum Gasteiger partial charge on any atom is -0.495 e. The second kappa shape index (κ2) is 4.17. The van der Waals surface area contributed by atoms with Crippen molar-refractivity contribution in [3.8, 4) is 0 Å². The molecule has 1 nitrogen and oxygen atoms in total. The van der Waals surface area contributed by atoms with Gasteiger partial charge in [0.1, 0.15) is 6.10 Å². The van der Waals surface area contributed by atoms with Gasteiger partial charge in [-0.1, -0.05) is 13.3 Å². The Morgan fingerprint density at radius 1 is 1.46 bits per heavy atom. The molecule has 0 amide bonds. The first-order valence-electron chi connectivity index (χ1n) is 5.76. The van der Waals surface area contributed by atoms with Gasteiger partial charge in [0.25, 0.3) is 0 Å². The van der Waals surface area contributed by atoms with Crippen LogP contribution in [0.15, 0.2) is 11.8 Å². The minimum absolute atomic E-state index is 0.580. The smallest absolute Gasteiger partial charge is 0.101 e. The number of allylic oxidation sites excluding steroid dienone is 2. The highest BCUT2D eigenvalue weighted by Crippen LogP contribution is 2.36. The van der Waals surface area contributed by atoms with E-state index in [1.165, 1.54) is 50.7 Å². The van der Waals surface area contributed by atoms with Gasteiger partial charge in [0.05, 0.1) is 5.76 Å². The van der Waals surface area contributed by atoms with Crippen molar-refractivity contribution in [2.45, 2.75) is 58.0 Å². The lowest BCUT2D eigenvalue weighted by molar-refractivity contribution is 0.0623. The maximum absolute atomic E-state index is 5.97. The monoisotopic (exact) mass is 180 g/mol. The second-order valence-corrected chi connectivity index (χ2v) is 4.36. The van der Waals surface area contributed by atoms with Crippen LogP contribution < -0.4 is 0 Å². The number of hydrogen-bond donors (Lipinski definition) is 0. The molecule has 0 aromatic rings. The molecule has 1 heterocycles. The zero-order valence-electron chi connectivity index (χ0n) is 8.59. The Morgan fingerprint density at radius 2 is 2.38 bits per heavy atom.